The van der Waals surface area contributed by atoms with Gasteiger partial charge in [0.25, 0.3) is 0 Å². The van der Waals surface area contributed by atoms with Gasteiger partial charge >= 0.3 is 0 Å². The topological polar surface area (TPSA) is 47.3 Å². The highest BCUT2D eigenvalue weighted by molar-refractivity contribution is 4.95. The highest BCUT2D eigenvalue weighted by Crippen LogP contribution is 2.18. The molecule has 0 bridgehead atoms. The van der Waals surface area contributed by atoms with Crippen molar-refractivity contribution in [2.24, 2.45) is 0 Å². The minimum Gasteiger partial charge on any atom is -0.446 e. The van der Waals surface area contributed by atoms with Gasteiger partial charge in [-0.05, 0) is 12.8 Å². The van der Waals surface area contributed by atoms with Crippen LogP contribution in [0.3, 0.4) is 0 Å². The summed E-state index contributed by atoms with van der Waals surface area (Å²) in [6.45, 7) is 1.66. The van der Waals surface area contributed by atoms with E-state index < -0.39 is 0 Å². The molecule has 84 valence electrons. The second kappa shape index (κ2) is 5.28. The number of hydrogen-bond donors (Lipinski definition) is 1. The molecule has 0 unspecified atom stereocenters. The highest BCUT2D eigenvalue weighted by Gasteiger charge is 2.19. The van der Waals surface area contributed by atoms with E-state index in [9.17, 15) is 0 Å². The van der Waals surface area contributed by atoms with Crippen LogP contribution in [0.25, 0.3) is 0 Å². The van der Waals surface area contributed by atoms with E-state index in [2.05, 4.69) is 10.3 Å². The summed E-state index contributed by atoms with van der Waals surface area (Å²) >= 11 is 0. The van der Waals surface area contributed by atoms with Gasteiger partial charge in [-0.1, -0.05) is 0 Å². The maximum Gasteiger partial charge on any atom is 0.195 e. The maximum atomic E-state index is 5.56. The second-order valence-electron chi connectivity index (χ2n) is 3.94. The molecule has 0 spiro atoms. The van der Waals surface area contributed by atoms with Gasteiger partial charge in [0, 0.05) is 32.5 Å². The van der Waals surface area contributed by atoms with Crippen LogP contribution in [0.5, 0.6) is 0 Å². The van der Waals surface area contributed by atoms with Crippen molar-refractivity contribution in [2.45, 2.75) is 31.7 Å². The molecule has 0 aromatic carbocycles. The molecule has 1 aromatic heterocycles. The van der Waals surface area contributed by atoms with E-state index in [0.717, 1.165) is 37.1 Å². The Hall–Kier alpha value is -0.870. The predicted octanol–water partition coefficient (Wildman–Crippen LogP) is 1.16. The largest absolute Gasteiger partial charge is 0.446 e. The van der Waals surface area contributed by atoms with Gasteiger partial charge in [-0.3, -0.25) is 0 Å². The number of oxazole rings is 1. The number of nitrogens with one attached hydrogen (secondary N) is 1. The average molecular weight is 210 g/mol. The molecule has 1 aromatic rings. The van der Waals surface area contributed by atoms with Crippen molar-refractivity contribution in [2.75, 3.05) is 20.3 Å². The van der Waals surface area contributed by atoms with Crippen LogP contribution in [0.1, 0.15) is 24.5 Å². The molecule has 1 heterocycles. The van der Waals surface area contributed by atoms with Gasteiger partial charge in [0.15, 0.2) is 5.89 Å². The first kappa shape index (κ1) is 10.6. The van der Waals surface area contributed by atoms with Crippen LogP contribution in [0.15, 0.2) is 10.6 Å². The molecule has 4 nitrogen and oxygen atoms in total. The molecular formula is C11H18N2O2. The van der Waals surface area contributed by atoms with Crippen LogP contribution in [0, 0.1) is 0 Å². The molecule has 1 fully saturated rings. The molecule has 1 N–H and O–H groups in total. The van der Waals surface area contributed by atoms with Crippen LogP contribution in [0.2, 0.25) is 0 Å². The lowest BCUT2D eigenvalue weighted by Crippen LogP contribution is -2.19. The Morgan fingerprint density at radius 2 is 2.40 bits per heavy atom. The number of aromatic nitrogens is 1. The van der Waals surface area contributed by atoms with Crippen molar-refractivity contribution in [3.05, 3.63) is 17.8 Å². The molecule has 0 saturated heterocycles. The number of rotatable bonds is 7. The first-order chi connectivity index (χ1) is 7.38. The van der Waals surface area contributed by atoms with Gasteiger partial charge in [-0.2, -0.15) is 0 Å². The van der Waals surface area contributed by atoms with Crippen LogP contribution >= 0.6 is 0 Å². The van der Waals surface area contributed by atoms with E-state index in [-0.39, 0.29) is 0 Å². The fourth-order valence-electron chi connectivity index (χ4n) is 1.45. The smallest absolute Gasteiger partial charge is 0.195 e. The molecule has 4 heteroatoms. The summed E-state index contributed by atoms with van der Waals surface area (Å²) in [6, 6.07) is 0.757. The molecule has 0 amide bonds. The maximum absolute atomic E-state index is 5.56. The van der Waals surface area contributed by atoms with Crippen molar-refractivity contribution in [3.8, 4) is 0 Å². The molecule has 2 rings (SSSR count). The van der Waals surface area contributed by atoms with Gasteiger partial charge in [-0.15, -0.1) is 0 Å². The standard InChI is InChI=1S/C11H18N2O2/c1-14-7-5-10-8-13-11(15-10)4-6-12-9-2-3-9/h8-9,12H,2-7H2,1H3. The normalized spacial score (nSPS) is 15.8. The van der Waals surface area contributed by atoms with E-state index in [4.69, 9.17) is 9.15 Å². The van der Waals surface area contributed by atoms with Crippen molar-refractivity contribution in [1.82, 2.24) is 10.3 Å². The van der Waals surface area contributed by atoms with Crippen LogP contribution in [0.4, 0.5) is 0 Å². The molecule has 0 radical (unpaired) electrons. The fourth-order valence-corrected chi connectivity index (χ4v) is 1.45. The van der Waals surface area contributed by atoms with Crippen LogP contribution in [-0.2, 0) is 17.6 Å². The Balaban J connectivity index is 1.68. The number of nitrogens with zero attached hydrogens (tertiary/aromatic N) is 1. The van der Waals surface area contributed by atoms with E-state index in [0.29, 0.717) is 6.61 Å². The molecular weight excluding hydrogens is 192 g/mol. The lowest BCUT2D eigenvalue weighted by molar-refractivity contribution is 0.196. The van der Waals surface area contributed by atoms with Crippen molar-refractivity contribution < 1.29 is 9.15 Å². The molecule has 0 atom stereocenters. The Labute approximate surface area is 90.0 Å². The zero-order valence-corrected chi connectivity index (χ0v) is 9.16. The average Bonchev–Trinajstić information content (AvgIpc) is 2.95. The third-order valence-corrected chi connectivity index (χ3v) is 2.50. The third-order valence-electron chi connectivity index (χ3n) is 2.50. The number of ether oxygens (including phenoxy) is 1. The fraction of sp³-hybridized carbons (Fsp3) is 0.727. The summed E-state index contributed by atoms with van der Waals surface area (Å²) < 4.78 is 10.5. The molecule has 1 saturated carbocycles. The van der Waals surface area contributed by atoms with E-state index in [1.165, 1.54) is 12.8 Å². The lowest BCUT2D eigenvalue weighted by atomic mass is 10.4. The zero-order chi connectivity index (χ0) is 10.5. The minimum atomic E-state index is 0.689. The highest BCUT2D eigenvalue weighted by atomic mass is 16.5. The van der Waals surface area contributed by atoms with Gasteiger partial charge in [0.05, 0.1) is 12.8 Å². The van der Waals surface area contributed by atoms with Gasteiger partial charge < -0.3 is 14.5 Å². The van der Waals surface area contributed by atoms with Crippen LogP contribution < -0.4 is 5.32 Å². The quantitative estimate of drug-likeness (QED) is 0.733. The van der Waals surface area contributed by atoms with Crippen molar-refractivity contribution in [3.63, 3.8) is 0 Å². The summed E-state index contributed by atoms with van der Waals surface area (Å²) in [4.78, 5) is 4.22. The minimum absolute atomic E-state index is 0.689. The SMILES string of the molecule is COCCc1cnc(CCNC2CC2)o1. The summed E-state index contributed by atoms with van der Waals surface area (Å²) in [5, 5.41) is 3.43. The van der Waals surface area contributed by atoms with Crippen LogP contribution in [-0.4, -0.2) is 31.3 Å². The van der Waals surface area contributed by atoms with Crippen molar-refractivity contribution >= 4 is 0 Å². The lowest BCUT2D eigenvalue weighted by Gasteiger charge is -1.98. The summed E-state index contributed by atoms with van der Waals surface area (Å²) in [7, 11) is 1.69. The Bertz CT molecular complexity index is 295. The van der Waals surface area contributed by atoms with Crippen molar-refractivity contribution in [1.29, 1.82) is 0 Å². The first-order valence-corrected chi connectivity index (χ1v) is 5.54. The first-order valence-electron chi connectivity index (χ1n) is 5.54. The Kier molecular flexibility index (Phi) is 3.75. The monoisotopic (exact) mass is 210 g/mol. The summed E-state index contributed by atoms with van der Waals surface area (Å²) in [5.74, 6) is 1.74. The summed E-state index contributed by atoms with van der Waals surface area (Å²) in [6.07, 6.45) is 6.13. The molecule has 15 heavy (non-hydrogen) atoms. The van der Waals surface area contributed by atoms with Gasteiger partial charge in [0.1, 0.15) is 5.76 Å². The van der Waals surface area contributed by atoms with E-state index in [1.54, 1.807) is 13.3 Å². The van der Waals surface area contributed by atoms with Gasteiger partial charge in [0.2, 0.25) is 0 Å². The molecule has 1 aliphatic carbocycles. The zero-order valence-electron chi connectivity index (χ0n) is 9.16. The van der Waals surface area contributed by atoms with Gasteiger partial charge in [-0.25, -0.2) is 4.98 Å². The summed E-state index contributed by atoms with van der Waals surface area (Å²) in [5.41, 5.74) is 0. The number of methoxy groups -OCH3 is 1. The Morgan fingerprint density at radius 3 is 3.13 bits per heavy atom. The van der Waals surface area contributed by atoms with E-state index >= 15 is 0 Å². The number of hydrogen-bond acceptors (Lipinski definition) is 4. The second-order valence-corrected chi connectivity index (χ2v) is 3.94. The van der Waals surface area contributed by atoms with E-state index in [1.807, 2.05) is 0 Å². The Morgan fingerprint density at radius 1 is 1.53 bits per heavy atom. The predicted molar refractivity (Wildman–Crippen MR) is 56.8 cm³/mol. The molecule has 1 aliphatic rings. The molecule has 0 aliphatic heterocycles. The third kappa shape index (κ3) is 3.64.